The summed E-state index contributed by atoms with van der Waals surface area (Å²) in [5.74, 6) is 2.24. The van der Waals surface area contributed by atoms with E-state index in [2.05, 4.69) is 5.32 Å². The quantitative estimate of drug-likeness (QED) is 0.0939. The van der Waals surface area contributed by atoms with E-state index in [0.29, 0.717) is 63.4 Å². The van der Waals surface area contributed by atoms with Gasteiger partial charge < -0.3 is 23.4 Å². The number of fused-ring (bicyclic) bond motifs is 1. The van der Waals surface area contributed by atoms with Crippen LogP contribution in [0.5, 0.6) is 23.0 Å². The van der Waals surface area contributed by atoms with E-state index >= 15 is 0 Å². The first-order valence-electron chi connectivity index (χ1n) is 16.1. The number of carbonyl (C=O) groups is 2. The normalized spacial score (nSPS) is 13.3. The first-order chi connectivity index (χ1) is 24.9. The standard InChI is InChI=1S/C41H31NO8S/c43-36-24-37(30-20-33(48-25-28-7-3-1-4-8-28)22-34(21-30)49-26-29-9-5-2-6-10-29)50-38-23-32(15-16-35(36)38)47-18-17-46-31-13-11-27(12-14-31)19-39-40(44)42-41(45)51-39/h1-16,19-24H,17-18,25-26H2,(H,42,44,45). The van der Waals surface area contributed by atoms with Gasteiger partial charge in [0.15, 0.2) is 5.43 Å². The lowest BCUT2D eigenvalue weighted by Crippen LogP contribution is -2.17. The summed E-state index contributed by atoms with van der Waals surface area (Å²) in [5, 5.41) is 2.28. The van der Waals surface area contributed by atoms with Gasteiger partial charge in [-0.05, 0) is 70.9 Å². The summed E-state index contributed by atoms with van der Waals surface area (Å²) >= 11 is 0.871. The van der Waals surface area contributed by atoms with Crippen LogP contribution in [-0.4, -0.2) is 24.4 Å². The first-order valence-corrected chi connectivity index (χ1v) is 16.9. The molecule has 0 bridgehead atoms. The van der Waals surface area contributed by atoms with Crippen molar-refractivity contribution in [3.8, 4) is 34.3 Å². The van der Waals surface area contributed by atoms with Crippen LogP contribution in [-0.2, 0) is 18.0 Å². The zero-order valence-electron chi connectivity index (χ0n) is 27.2. The molecule has 1 saturated heterocycles. The Kier molecular flexibility index (Phi) is 10.1. The Morgan fingerprint density at radius 3 is 1.82 bits per heavy atom. The molecule has 0 aliphatic carbocycles. The first kappa shape index (κ1) is 33.2. The summed E-state index contributed by atoms with van der Waals surface area (Å²) < 4.78 is 30.3. The molecular formula is C41H31NO8S. The second kappa shape index (κ2) is 15.5. The minimum Gasteiger partial charge on any atom is -0.490 e. The molecule has 1 aliphatic heterocycles. The van der Waals surface area contributed by atoms with Crippen LogP contribution in [0.2, 0.25) is 0 Å². The highest BCUT2D eigenvalue weighted by Gasteiger charge is 2.24. The van der Waals surface area contributed by atoms with Gasteiger partial charge in [0.2, 0.25) is 0 Å². The molecule has 254 valence electrons. The zero-order chi connectivity index (χ0) is 35.0. The average Bonchev–Trinajstić information content (AvgIpc) is 3.48. The summed E-state index contributed by atoms with van der Waals surface area (Å²) in [4.78, 5) is 36.7. The molecule has 10 heteroatoms. The SMILES string of the molecule is O=C1NC(=O)C(=Cc2ccc(OCCOc3ccc4c(=O)cc(-c5cc(OCc6ccccc6)cc(OCc6ccccc6)c5)oc4c3)cc2)S1. The maximum absolute atomic E-state index is 13.2. The van der Waals surface area contributed by atoms with Gasteiger partial charge in [-0.25, -0.2) is 0 Å². The molecule has 5 aromatic carbocycles. The number of hydrogen-bond donors (Lipinski definition) is 1. The molecule has 1 N–H and O–H groups in total. The van der Waals surface area contributed by atoms with Gasteiger partial charge in [-0.1, -0.05) is 72.8 Å². The van der Waals surface area contributed by atoms with Crippen molar-refractivity contribution in [2.24, 2.45) is 0 Å². The van der Waals surface area contributed by atoms with Gasteiger partial charge in [-0.2, -0.15) is 0 Å². The monoisotopic (exact) mass is 697 g/mol. The Morgan fingerprint density at radius 2 is 1.22 bits per heavy atom. The Morgan fingerprint density at radius 1 is 0.608 bits per heavy atom. The Balaban J connectivity index is 1.04. The highest BCUT2D eigenvalue weighted by atomic mass is 32.2. The van der Waals surface area contributed by atoms with Gasteiger partial charge in [0.05, 0.1) is 10.3 Å². The van der Waals surface area contributed by atoms with Gasteiger partial charge in [-0.15, -0.1) is 0 Å². The van der Waals surface area contributed by atoms with Crippen molar-refractivity contribution in [2.45, 2.75) is 13.2 Å². The van der Waals surface area contributed by atoms with Gasteiger partial charge >= 0.3 is 0 Å². The van der Waals surface area contributed by atoms with E-state index < -0.39 is 5.91 Å². The van der Waals surface area contributed by atoms with Crippen LogP contribution in [0.1, 0.15) is 16.7 Å². The third-order valence-electron chi connectivity index (χ3n) is 7.80. The third kappa shape index (κ3) is 8.67. The summed E-state index contributed by atoms with van der Waals surface area (Å²) in [7, 11) is 0. The summed E-state index contributed by atoms with van der Waals surface area (Å²) in [5.41, 5.74) is 3.62. The number of carbonyl (C=O) groups excluding carboxylic acids is 2. The smallest absolute Gasteiger partial charge is 0.290 e. The Hall–Kier alpha value is -6.26. The van der Waals surface area contributed by atoms with Gasteiger partial charge in [-0.3, -0.25) is 19.7 Å². The molecule has 0 saturated carbocycles. The number of hydrogen-bond acceptors (Lipinski definition) is 9. The Labute approximate surface area is 297 Å². The number of rotatable bonds is 13. The predicted molar refractivity (Wildman–Crippen MR) is 196 cm³/mol. The number of thioether (sulfide) groups is 1. The van der Waals surface area contributed by atoms with E-state index in [1.165, 1.54) is 6.07 Å². The fourth-order valence-electron chi connectivity index (χ4n) is 5.28. The van der Waals surface area contributed by atoms with Gasteiger partial charge in [0.25, 0.3) is 11.1 Å². The summed E-state index contributed by atoms with van der Waals surface area (Å²) in [6.45, 7) is 1.22. The van der Waals surface area contributed by atoms with E-state index in [9.17, 15) is 14.4 Å². The lowest BCUT2D eigenvalue weighted by molar-refractivity contribution is -0.115. The van der Waals surface area contributed by atoms with Crippen molar-refractivity contribution in [3.63, 3.8) is 0 Å². The highest BCUT2D eigenvalue weighted by Crippen LogP contribution is 2.33. The molecule has 0 atom stereocenters. The highest BCUT2D eigenvalue weighted by molar-refractivity contribution is 8.18. The van der Waals surface area contributed by atoms with Gasteiger partial charge in [0.1, 0.15) is 60.8 Å². The number of amides is 2. The van der Waals surface area contributed by atoms with Crippen LogP contribution in [0.25, 0.3) is 28.4 Å². The van der Waals surface area contributed by atoms with Crippen LogP contribution in [0.4, 0.5) is 4.79 Å². The summed E-state index contributed by atoms with van der Waals surface area (Å²) in [6, 6.07) is 38.9. The van der Waals surface area contributed by atoms with Crippen molar-refractivity contribution in [1.82, 2.24) is 5.32 Å². The van der Waals surface area contributed by atoms with Crippen molar-refractivity contribution in [1.29, 1.82) is 0 Å². The summed E-state index contributed by atoms with van der Waals surface area (Å²) in [6.07, 6.45) is 1.65. The molecule has 9 nitrogen and oxygen atoms in total. The van der Waals surface area contributed by atoms with E-state index in [0.717, 1.165) is 28.5 Å². The number of ether oxygens (including phenoxy) is 4. The van der Waals surface area contributed by atoms with Crippen LogP contribution >= 0.6 is 11.8 Å². The van der Waals surface area contributed by atoms with E-state index in [4.69, 9.17) is 23.4 Å². The maximum atomic E-state index is 13.2. The lowest BCUT2D eigenvalue weighted by Gasteiger charge is -2.13. The molecule has 0 radical (unpaired) electrons. The lowest BCUT2D eigenvalue weighted by atomic mass is 10.1. The van der Waals surface area contributed by atoms with Crippen molar-refractivity contribution in [3.05, 3.63) is 159 Å². The van der Waals surface area contributed by atoms with Crippen LogP contribution < -0.4 is 29.7 Å². The molecule has 2 heterocycles. The van der Waals surface area contributed by atoms with Crippen molar-refractivity contribution < 1.29 is 33.0 Å². The van der Waals surface area contributed by atoms with Crippen molar-refractivity contribution in [2.75, 3.05) is 13.2 Å². The molecule has 1 fully saturated rings. The molecule has 0 spiro atoms. The molecule has 1 aromatic heterocycles. The molecule has 6 aromatic rings. The fraction of sp³-hybridized carbons (Fsp3) is 0.0976. The van der Waals surface area contributed by atoms with Crippen LogP contribution in [0, 0.1) is 0 Å². The molecule has 7 rings (SSSR count). The fourth-order valence-corrected chi connectivity index (χ4v) is 5.96. The topological polar surface area (TPSA) is 113 Å². The predicted octanol–water partition coefficient (Wildman–Crippen LogP) is 8.40. The van der Waals surface area contributed by atoms with Crippen molar-refractivity contribution >= 4 is 40.0 Å². The number of imide groups is 1. The maximum Gasteiger partial charge on any atom is 0.290 e. The zero-order valence-corrected chi connectivity index (χ0v) is 28.0. The van der Waals surface area contributed by atoms with Crippen LogP contribution in [0.15, 0.2) is 142 Å². The largest absolute Gasteiger partial charge is 0.490 e. The Bertz CT molecular complexity index is 2210. The minimum absolute atomic E-state index is 0.193. The minimum atomic E-state index is -0.400. The molecule has 51 heavy (non-hydrogen) atoms. The molecule has 0 unspecified atom stereocenters. The second-order valence-electron chi connectivity index (χ2n) is 11.5. The molecule has 1 aliphatic rings. The molecule has 2 amide bonds. The van der Waals surface area contributed by atoms with Gasteiger partial charge in [0, 0.05) is 23.8 Å². The van der Waals surface area contributed by atoms with E-state index in [-0.39, 0.29) is 23.9 Å². The average molecular weight is 698 g/mol. The van der Waals surface area contributed by atoms with E-state index in [1.54, 1.807) is 48.5 Å². The van der Waals surface area contributed by atoms with Crippen LogP contribution in [0.3, 0.4) is 0 Å². The third-order valence-corrected chi connectivity index (χ3v) is 8.61. The number of nitrogens with one attached hydrogen (secondary N) is 1. The second-order valence-corrected chi connectivity index (χ2v) is 12.5. The molecular weight excluding hydrogens is 667 g/mol. The van der Waals surface area contributed by atoms with E-state index in [1.807, 2.05) is 78.9 Å². The number of benzene rings is 5.